The molecule has 1 saturated carbocycles. The van der Waals surface area contributed by atoms with E-state index in [1.165, 1.54) is 38.5 Å². The first-order chi connectivity index (χ1) is 11.2. The number of hydrogen-bond acceptors (Lipinski definition) is 4. The summed E-state index contributed by atoms with van der Waals surface area (Å²) in [4.78, 5) is 14.6. The van der Waals surface area contributed by atoms with Gasteiger partial charge in [0.25, 0.3) is 0 Å². The average molecular weight is 337 g/mol. The molecule has 5 nitrogen and oxygen atoms in total. The molecule has 1 atom stereocenters. The van der Waals surface area contributed by atoms with E-state index < -0.39 is 0 Å². The molecule has 0 N–H and O–H groups in total. The van der Waals surface area contributed by atoms with Crippen molar-refractivity contribution >= 4 is 17.7 Å². The number of thioether (sulfide) groups is 1. The van der Waals surface area contributed by atoms with Crippen molar-refractivity contribution in [3.05, 3.63) is 5.82 Å². The summed E-state index contributed by atoms with van der Waals surface area (Å²) in [6.45, 7) is 5.10. The molecule has 0 spiro atoms. The van der Waals surface area contributed by atoms with Gasteiger partial charge >= 0.3 is 0 Å². The Morgan fingerprint density at radius 3 is 2.61 bits per heavy atom. The summed E-state index contributed by atoms with van der Waals surface area (Å²) in [5.74, 6) is 1.71. The molecule has 23 heavy (non-hydrogen) atoms. The van der Waals surface area contributed by atoms with Crippen LogP contribution in [0.2, 0.25) is 0 Å². The minimum Gasteiger partial charge on any atom is -0.339 e. The smallest absolute Gasteiger partial charge is 0.233 e. The standard InChI is InChI=1S/C17H28N4OS/c1-13-8-6-7-11-20(13)16(22)12-23-17-19-18-14(2)21(17)15-9-4-3-5-10-15/h13,15H,3-12H2,1-2H3. The van der Waals surface area contributed by atoms with E-state index in [0.29, 0.717) is 17.8 Å². The molecule has 1 saturated heterocycles. The summed E-state index contributed by atoms with van der Waals surface area (Å²) in [7, 11) is 0. The van der Waals surface area contributed by atoms with Crippen molar-refractivity contribution in [1.29, 1.82) is 0 Å². The normalized spacial score (nSPS) is 23.2. The molecular formula is C17H28N4OS. The largest absolute Gasteiger partial charge is 0.339 e. The number of rotatable bonds is 4. The number of carbonyl (C=O) groups is 1. The number of aryl methyl sites for hydroxylation is 1. The number of piperidine rings is 1. The first-order valence-corrected chi connectivity index (χ1v) is 9.99. The molecule has 1 aliphatic heterocycles. The van der Waals surface area contributed by atoms with Crippen LogP contribution < -0.4 is 0 Å². The van der Waals surface area contributed by atoms with E-state index >= 15 is 0 Å². The third-order valence-corrected chi connectivity index (χ3v) is 6.15. The summed E-state index contributed by atoms with van der Waals surface area (Å²) in [5.41, 5.74) is 0. The molecule has 0 aromatic carbocycles. The van der Waals surface area contributed by atoms with Gasteiger partial charge in [-0.25, -0.2) is 0 Å². The number of likely N-dealkylation sites (tertiary alicyclic amines) is 1. The van der Waals surface area contributed by atoms with Crippen LogP contribution in [0.4, 0.5) is 0 Å². The van der Waals surface area contributed by atoms with E-state index in [2.05, 4.69) is 21.7 Å². The molecule has 6 heteroatoms. The number of aromatic nitrogens is 3. The van der Waals surface area contributed by atoms with E-state index in [1.54, 1.807) is 11.8 Å². The van der Waals surface area contributed by atoms with Crippen LogP contribution in [-0.4, -0.2) is 43.9 Å². The van der Waals surface area contributed by atoms with E-state index in [9.17, 15) is 4.79 Å². The molecule has 128 valence electrons. The van der Waals surface area contributed by atoms with Crippen molar-refractivity contribution in [1.82, 2.24) is 19.7 Å². The minimum absolute atomic E-state index is 0.248. The molecular weight excluding hydrogens is 308 g/mol. The van der Waals surface area contributed by atoms with Crippen LogP contribution in [0.25, 0.3) is 0 Å². The molecule has 2 aliphatic rings. The van der Waals surface area contributed by atoms with Crippen LogP contribution in [0.5, 0.6) is 0 Å². The zero-order chi connectivity index (χ0) is 16.2. The summed E-state index contributed by atoms with van der Waals surface area (Å²) in [5, 5.41) is 9.52. The van der Waals surface area contributed by atoms with Crippen molar-refractivity contribution < 1.29 is 4.79 Å². The number of hydrogen-bond donors (Lipinski definition) is 0. The van der Waals surface area contributed by atoms with Gasteiger partial charge in [-0.15, -0.1) is 10.2 Å². The highest BCUT2D eigenvalue weighted by atomic mass is 32.2. The van der Waals surface area contributed by atoms with Gasteiger partial charge in [0.2, 0.25) is 5.91 Å². The van der Waals surface area contributed by atoms with Crippen LogP contribution in [0.3, 0.4) is 0 Å². The Labute approximate surface area is 143 Å². The van der Waals surface area contributed by atoms with Gasteiger partial charge in [-0.1, -0.05) is 31.0 Å². The average Bonchev–Trinajstić information content (AvgIpc) is 2.94. The summed E-state index contributed by atoms with van der Waals surface area (Å²) in [6.07, 6.45) is 9.85. The Hall–Kier alpha value is -1.04. The molecule has 0 bridgehead atoms. The minimum atomic E-state index is 0.248. The van der Waals surface area contributed by atoms with Gasteiger partial charge in [0.1, 0.15) is 5.82 Å². The molecule has 1 aromatic heterocycles. The first kappa shape index (κ1) is 16.8. The SMILES string of the molecule is Cc1nnc(SCC(=O)N2CCCCC2C)n1C1CCCCC1. The lowest BCUT2D eigenvalue weighted by atomic mass is 9.95. The Morgan fingerprint density at radius 1 is 1.13 bits per heavy atom. The molecule has 3 rings (SSSR count). The maximum atomic E-state index is 12.5. The van der Waals surface area contributed by atoms with Gasteiger partial charge in [-0.3, -0.25) is 4.79 Å². The first-order valence-electron chi connectivity index (χ1n) is 9.00. The lowest BCUT2D eigenvalue weighted by Crippen LogP contribution is -2.43. The molecule has 1 amide bonds. The van der Waals surface area contributed by atoms with Crippen molar-refractivity contribution in [3.63, 3.8) is 0 Å². The highest BCUT2D eigenvalue weighted by molar-refractivity contribution is 7.99. The van der Waals surface area contributed by atoms with E-state index in [-0.39, 0.29) is 5.91 Å². The van der Waals surface area contributed by atoms with E-state index in [0.717, 1.165) is 30.4 Å². The summed E-state index contributed by atoms with van der Waals surface area (Å²) in [6, 6.07) is 0.903. The van der Waals surface area contributed by atoms with Gasteiger partial charge in [-0.2, -0.15) is 0 Å². The molecule has 2 heterocycles. The Kier molecular flexibility index (Phi) is 5.62. The van der Waals surface area contributed by atoms with Crippen LogP contribution in [0.1, 0.15) is 70.2 Å². The van der Waals surface area contributed by atoms with Crippen LogP contribution in [-0.2, 0) is 4.79 Å². The molecule has 0 radical (unpaired) electrons. The number of amides is 1. The third-order valence-electron chi connectivity index (χ3n) is 5.22. The Bertz CT molecular complexity index is 539. The maximum absolute atomic E-state index is 12.5. The molecule has 2 fully saturated rings. The summed E-state index contributed by atoms with van der Waals surface area (Å²) >= 11 is 1.56. The van der Waals surface area contributed by atoms with Gasteiger partial charge in [0.15, 0.2) is 5.16 Å². The topological polar surface area (TPSA) is 51.0 Å². The van der Waals surface area contributed by atoms with Crippen LogP contribution >= 0.6 is 11.8 Å². The van der Waals surface area contributed by atoms with E-state index in [1.807, 2.05) is 11.8 Å². The predicted octanol–water partition coefficient (Wildman–Crippen LogP) is 3.58. The third kappa shape index (κ3) is 3.90. The second-order valence-corrected chi connectivity index (χ2v) is 7.85. The zero-order valence-electron chi connectivity index (χ0n) is 14.3. The lowest BCUT2D eigenvalue weighted by molar-refractivity contribution is -0.131. The maximum Gasteiger partial charge on any atom is 0.233 e. The van der Waals surface area contributed by atoms with Crippen molar-refractivity contribution in [2.45, 2.75) is 82.5 Å². The van der Waals surface area contributed by atoms with Gasteiger partial charge in [-0.05, 0) is 46.0 Å². The monoisotopic (exact) mass is 336 g/mol. The number of carbonyl (C=O) groups excluding carboxylic acids is 1. The Balaban J connectivity index is 1.63. The van der Waals surface area contributed by atoms with Crippen molar-refractivity contribution in [2.24, 2.45) is 0 Å². The van der Waals surface area contributed by atoms with Crippen molar-refractivity contribution in [3.8, 4) is 0 Å². The van der Waals surface area contributed by atoms with Gasteiger partial charge < -0.3 is 9.47 Å². The zero-order valence-corrected chi connectivity index (χ0v) is 15.1. The highest BCUT2D eigenvalue weighted by Gasteiger charge is 2.25. The van der Waals surface area contributed by atoms with Gasteiger partial charge in [0, 0.05) is 18.6 Å². The fourth-order valence-corrected chi connectivity index (χ4v) is 4.82. The lowest BCUT2D eigenvalue weighted by Gasteiger charge is -2.33. The van der Waals surface area contributed by atoms with Crippen LogP contribution in [0.15, 0.2) is 5.16 Å². The van der Waals surface area contributed by atoms with Crippen LogP contribution in [0, 0.1) is 6.92 Å². The highest BCUT2D eigenvalue weighted by Crippen LogP contribution is 2.32. The summed E-state index contributed by atoms with van der Waals surface area (Å²) < 4.78 is 2.27. The second kappa shape index (κ2) is 7.69. The van der Waals surface area contributed by atoms with Crippen molar-refractivity contribution in [2.75, 3.05) is 12.3 Å². The fraction of sp³-hybridized carbons (Fsp3) is 0.824. The quantitative estimate of drug-likeness (QED) is 0.789. The van der Waals surface area contributed by atoms with E-state index in [4.69, 9.17) is 0 Å². The second-order valence-electron chi connectivity index (χ2n) is 6.91. The molecule has 1 aliphatic carbocycles. The predicted molar refractivity (Wildman–Crippen MR) is 92.6 cm³/mol. The Morgan fingerprint density at radius 2 is 1.87 bits per heavy atom. The number of nitrogens with zero attached hydrogens (tertiary/aromatic N) is 4. The van der Waals surface area contributed by atoms with Gasteiger partial charge in [0.05, 0.1) is 5.75 Å². The molecule has 1 aromatic rings. The fourth-order valence-electron chi connectivity index (χ4n) is 3.89. The molecule has 1 unspecified atom stereocenters.